The maximum Gasteiger partial charge on any atom is 0.301 e. The van der Waals surface area contributed by atoms with Crippen LogP contribution in [0.25, 0.3) is 5.76 Å². The van der Waals surface area contributed by atoms with Crippen LogP contribution >= 0.6 is 27.5 Å². The van der Waals surface area contributed by atoms with Crippen LogP contribution in [0.1, 0.15) is 22.9 Å². The molecule has 1 aliphatic heterocycles. The third-order valence-corrected chi connectivity index (χ3v) is 5.33. The number of amides is 1. The molecule has 6 nitrogen and oxygen atoms in total. The lowest BCUT2D eigenvalue weighted by Crippen LogP contribution is -2.29. The number of ketones is 1. The summed E-state index contributed by atoms with van der Waals surface area (Å²) in [6.07, 6.45) is 0. The van der Waals surface area contributed by atoms with E-state index in [2.05, 4.69) is 21.1 Å². The molecule has 8 heteroatoms. The van der Waals surface area contributed by atoms with Crippen LogP contribution in [0, 0.1) is 6.92 Å². The van der Waals surface area contributed by atoms with E-state index < -0.39 is 17.7 Å². The highest BCUT2D eigenvalue weighted by Crippen LogP contribution is 2.42. The maximum atomic E-state index is 12.9. The summed E-state index contributed by atoms with van der Waals surface area (Å²) in [4.78, 5) is 27.1. The summed E-state index contributed by atoms with van der Waals surface area (Å²) in [5.41, 5.74) is 0.981. The van der Waals surface area contributed by atoms with Gasteiger partial charge in [0.25, 0.3) is 5.78 Å². The number of aromatic nitrogens is 1. The van der Waals surface area contributed by atoms with E-state index >= 15 is 0 Å². The molecule has 1 aliphatic rings. The quantitative estimate of drug-likeness (QED) is 0.328. The SMILES string of the molecule is Cc1cc(N2C(=O)C(=O)/C(=C(/O)c3ccc(Cl)cc3)[C@H]2c2cccc(Br)c2)no1. The molecule has 0 bridgehead atoms. The Bertz CT molecular complexity index is 1150. The molecule has 0 radical (unpaired) electrons. The maximum absolute atomic E-state index is 12.9. The second-order valence-electron chi connectivity index (χ2n) is 6.53. The highest BCUT2D eigenvalue weighted by molar-refractivity contribution is 9.10. The molecule has 1 fully saturated rings. The van der Waals surface area contributed by atoms with Crippen LogP contribution in [0.3, 0.4) is 0 Å². The van der Waals surface area contributed by atoms with Crippen molar-refractivity contribution in [1.82, 2.24) is 5.16 Å². The summed E-state index contributed by atoms with van der Waals surface area (Å²) < 4.78 is 5.87. The molecule has 4 rings (SSSR count). The Hall–Kier alpha value is -2.90. The van der Waals surface area contributed by atoms with Crippen molar-refractivity contribution in [3.8, 4) is 0 Å². The molecule has 0 saturated carbocycles. The lowest BCUT2D eigenvalue weighted by molar-refractivity contribution is -0.132. The van der Waals surface area contributed by atoms with Crippen LogP contribution in [-0.4, -0.2) is 22.0 Å². The predicted octanol–water partition coefficient (Wildman–Crippen LogP) is 5.03. The number of rotatable bonds is 3. The van der Waals surface area contributed by atoms with Crippen molar-refractivity contribution < 1.29 is 19.2 Å². The van der Waals surface area contributed by atoms with E-state index in [1.54, 1.807) is 55.5 Å². The zero-order valence-corrected chi connectivity index (χ0v) is 17.4. The van der Waals surface area contributed by atoms with Crippen molar-refractivity contribution in [3.05, 3.63) is 86.6 Å². The van der Waals surface area contributed by atoms with Crippen molar-refractivity contribution in [2.45, 2.75) is 13.0 Å². The number of nitrogens with zero attached hydrogens (tertiary/aromatic N) is 2. The molecule has 1 atom stereocenters. The molecule has 1 amide bonds. The number of benzene rings is 2. The summed E-state index contributed by atoms with van der Waals surface area (Å²) in [5.74, 6) is -1.19. The molecule has 0 spiro atoms. The number of hydrogen-bond acceptors (Lipinski definition) is 5. The number of Topliss-reactive ketones (excluding diaryl/α,β-unsaturated/α-hetero) is 1. The van der Waals surface area contributed by atoms with Gasteiger partial charge in [-0.2, -0.15) is 0 Å². The fourth-order valence-electron chi connectivity index (χ4n) is 3.29. The molecule has 29 heavy (non-hydrogen) atoms. The van der Waals surface area contributed by atoms with Crippen LogP contribution in [-0.2, 0) is 9.59 Å². The van der Waals surface area contributed by atoms with E-state index in [-0.39, 0.29) is 17.2 Å². The molecule has 1 N–H and O–H groups in total. The number of anilines is 1. The standard InChI is InChI=1S/C21H14BrClN2O4/c1-11-9-16(24-29-11)25-18(13-3-2-4-14(22)10-13)17(20(27)21(25)28)19(26)12-5-7-15(23)8-6-12/h2-10,18,26H,1H3/b19-17+/t18-/m1/s1. The molecule has 0 aliphatic carbocycles. The zero-order chi connectivity index (χ0) is 20.7. The van der Waals surface area contributed by atoms with E-state index in [0.717, 1.165) is 4.47 Å². The number of aryl methyl sites for hydroxylation is 1. The monoisotopic (exact) mass is 472 g/mol. The van der Waals surface area contributed by atoms with Crippen LogP contribution in [0.4, 0.5) is 5.82 Å². The first-order chi connectivity index (χ1) is 13.9. The van der Waals surface area contributed by atoms with Gasteiger partial charge in [0.1, 0.15) is 11.5 Å². The van der Waals surface area contributed by atoms with Gasteiger partial charge in [-0.05, 0) is 48.9 Å². The van der Waals surface area contributed by atoms with Gasteiger partial charge in [0.15, 0.2) is 5.82 Å². The fourth-order valence-corrected chi connectivity index (χ4v) is 3.83. The molecular formula is C21H14BrClN2O4. The molecule has 146 valence electrons. The van der Waals surface area contributed by atoms with Crippen LogP contribution in [0.5, 0.6) is 0 Å². The number of aliphatic hydroxyl groups excluding tert-OH is 1. The topological polar surface area (TPSA) is 83.6 Å². The summed E-state index contributed by atoms with van der Waals surface area (Å²) in [7, 11) is 0. The van der Waals surface area contributed by atoms with E-state index in [4.69, 9.17) is 16.1 Å². The van der Waals surface area contributed by atoms with Crippen LogP contribution in [0.2, 0.25) is 5.02 Å². The first-order valence-corrected chi connectivity index (χ1v) is 9.79. The van der Waals surface area contributed by atoms with Gasteiger partial charge in [0.2, 0.25) is 0 Å². The van der Waals surface area contributed by atoms with Crippen LogP contribution in [0.15, 0.2) is 69.2 Å². The minimum atomic E-state index is -0.868. The van der Waals surface area contributed by atoms with Gasteiger partial charge in [0.05, 0.1) is 11.6 Å². The van der Waals surface area contributed by atoms with Gasteiger partial charge in [-0.1, -0.05) is 44.8 Å². The van der Waals surface area contributed by atoms with Gasteiger partial charge >= 0.3 is 5.91 Å². The summed E-state index contributed by atoms with van der Waals surface area (Å²) in [5, 5.41) is 15.3. The molecular weight excluding hydrogens is 460 g/mol. The Balaban J connectivity index is 1.95. The van der Waals surface area contributed by atoms with Crippen molar-refractivity contribution >= 4 is 50.8 Å². The molecule has 3 aromatic rings. The van der Waals surface area contributed by atoms with E-state index in [1.165, 1.54) is 4.90 Å². The number of halogens is 2. The third-order valence-electron chi connectivity index (χ3n) is 4.59. The fraction of sp³-hybridized carbons (Fsp3) is 0.0952. The Labute approximate surface area is 179 Å². The number of carbonyl (C=O) groups excluding carboxylic acids is 2. The lowest BCUT2D eigenvalue weighted by Gasteiger charge is -2.23. The van der Waals surface area contributed by atoms with E-state index in [9.17, 15) is 14.7 Å². The zero-order valence-electron chi connectivity index (χ0n) is 15.1. The Kier molecular flexibility index (Phi) is 5.02. The highest BCUT2D eigenvalue weighted by Gasteiger charge is 2.48. The summed E-state index contributed by atoms with van der Waals surface area (Å²) in [6.45, 7) is 1.69. The Morgan fingerprint density at radius 1 is 1.17 bits per heavy atom. The number of hydrogen-bond donors (Lipinski definition) is 1. The first kappa shape index (κ1) is 19.4. The second kappa shape index (κ2) is 7.50. The smallest absolute Gasteiger partial charge is 0.301 e. The molecule has 1 aromatic heterocycles. The summed E-state index contributed by atoms with van der Waals surface area (Å²) in [6, 6.07) is 14.2. The van der Waals surface area contributed by atoms with Gasteiger partial charge in [-0.3, -0.25) is 14.5 Å². The highest BCUT2D eigenvalue weighted by atomic mass is 79.9. The number of carbonyl (C=O) groups is 2. The van der Waals surface area contributed by atoms with E-state index in [1.807, 2.05) is 6.07 Å². The first-order valence-electron chi connectivity index (χ1n) is 8.62. The molecule has 2 heterocycles. The van der Waals surface area contributed by atoms with Gasteiger partial charge in [-0.25, -0.2) is 0 Å². The third kappa shape index (κ3) is 3.47. The average molecular weight is 474 g/mol. The van der Waals surface area contributed by atoms with Crippen molar-refractivity contribution in [2.24, 2.45) is 0 Å². The van der Waals surface area contributed by atoms with Gasteiger partial charge < -0.3 is 9.63 Å². The Morgan fingerprint density at radius 3 is 2.52 bits per heavy atom. The number of aliphatic hydroxyl groups is 1. The predicted molar refractivity (Wildman–Crippen MR) is 112 cm³/mol. The van der Waals surface area contributed by atoms with Crippen molar-refractivity contribution in [3.63, 3.8) is 0 Å². The largest absolute Gasteiger partial charge is 0.507 e. The van der Waals surface area contributed by atoms with Crippen LogP contribution < -0.4 is 4.90 Å². The molecule has 1 saturated heterocycles. The van der Waals surface area contributed by atoms with E-state index in [0.29, 0.717) is 21.9 Å². The normalized spacial score (nSPS) is 18.4. The van der Waals surface area contributed by atoms with Crippen molar-refractivity contribution in [1.29, 1.82) is 0 Å². The second-order valence-corrected chi connectivity index (χ2v) is 7.88. The van der Waals surface area contributed by atoms with Gasteiger partial charge in [-0.15, -0.1) is 0 Å². The minimum Gasteiger partial charge on any atom is -0.507 e. The van der Waals surface area contributed by atoms with Crippen molar-refractivity contribution in [2.75, 3.05) is 4.90 Å². The van der Waals surface area contributed by atoms with Gasteiger partial charge in [0, 0.05) is 21.1 Å². The summed E-state index contributed by atoms with van der Waals surface area (Å²) >= 11 is 9.34. The lowest BCUT2D eigenvalue weighted by atomic mass is 9.95. The molecule has 0 unspecified atom stereocenters. The average Bonchev–Trinajstić information content (AvgIpc) is 3.23. The minimum absolute atomic E-state index is 0.0314. The Morgan fingerprint density at radius 2 is 1.90 bits per heavy atom. The molecule has 2 aromatic carbocycles.